The monoisotopic (exact) mass is 261 g/mol. The largest absolute Gasteiger partial charge is 0.325 e. The van der Waals surface area contributed by atoms with Gasteiger partial charge in [0.1, 0.15) is 0 Å². The molecular weight excluding hydrogens is 246 g/mol. The maximum absolute atomic E-state index is 12.0. The number of allylic oxidation sites excluding steroid dienone is 1. The molecule has 0 bridgehead atoms. The standard InChI is InChI=1S/C18H15NO/c1-13(14-7-3-2-4-8-14)11-16-12-15-9-5-6-10-17(15)18(20)19-16/h2-10,12H,1,11H2,(H,19,20). The molecule has 98 valence electrons. The first-order chi connectivity index (χ1) is 9.74. The molecule has 20 heavy (non-hydrogen) atoms. The van der Waals surface area contributed by atoms with E-state index in [4.69, 9.17) is 0 Å². The normalized spacial score (nSPS) is 10.6. The van der Waals surface area contributed by atoms with E-state index in [1.807, 2.05) is 60.7 Å². The molecule has 0 radical (unpaired) electrons. The van der Waals surface area contributed by atoms with Gasteiger partial charge in [0, 0.05) is 17.5 Å². The highest BCUT2D eigenvalue weighted by Gasteiger charge is 2.04. The fraction of sp³-hybridized carbons (Fsp3) is 0.0556. The van der Waals surface area contributed by atoms with Crippen molar-refractivity contribution in [1.82, 2.24) is 4.98 Å². The summed E-state index contributed by atoms with van der Waals surface area (Å²) in [5.41, 5.74) is 2.94. The summed E-state index contributed by atoms with van der Waals surface area (Å²) in [5, 5.41) is 1.69. The molecule has 0 amide bonds. The highest BCUT2D eigenvalue weighted by molar-refractivity contribution is 5.82. The zero-order valence-corrected chi connectivity index (χ0v) is 11.1. The van der Waals surface area contributed by atoms with Gasteiger partial charge in [-0.2, -0.15) is 0 Å². The molecule has 0 aliphatic rings. The molecule has 0 aliphatic carbocycles. The molecule has 0 unspecified atom stereocenters. The molecular formula is C18H15NO. The Morgan fingerprint density at radius 1 is 1.00 bits per heavy atom. The van der Waals surface area contributed by atoms with Crippen molar-refractivity contribution in [2.75, 3.05) is 0 Å². The minimum Gasteiger partial charge on any atom is -0.325 e. The van der Waals surface area contributed by atoms with Crippen molar-refractivity contribution in [1.29, 1.82) is 0 Å². The summed E-state index contributed by atoms with van der Waals surface area (Å²) < 4.78 is 0. The number of hydrogen-bond acceptors (Lipinski definition) is 1. The molecule has 0 saturated carbocycles. The number of fused-ring (bicyclic) bond motifs is 1. The molecule has 3 rings (SSSR count). The van der Waals surface area contributed by atoms with Crippen LogP contribution in [0.1, 0.15) is 11.3 Å². The zero-order chi connectivity index (χ0) is 13.9. The maximum atomic E-state index is 12.0. The van der Waals surface area contributed by atoms with Gasteiger partial charge in [-0.05, 0) is 28.7 Å². The molecule has 0 atom stereocenters. The van der Waals surface area contributed by atoms with Crippen molar-refractivity contribution in [3.05, 3.63) is 88.9 Å². The van der Waals surface area contributed by atoms with Crippen LogP contribution in [0.15, 0.2) is 72.0 Å². The van der Waals surface area contributed by atoms with Gasteiger partial charge in [0.15, 0.2) is 0 Å². The van der Waals surface area contributed by atoms with Crippen LogP contribution in [-0.4, -0.2) is 4.98 Å². The fourth-order valence-corrected chi connectivity index (χ4v) is 2.37. The van der Waals surface area contributed by atoms with E-state index in [0.717, 1.165) is 27.6 Å². The van der Waals surface area contributed by atoms with Crippen LogP contribution >= 0.6 is 0 Å². The molecule has 1 heterocycles. The minimum atomic E-state index is -0.0426. The minimum absolute atomic E-state index is 0.0426. The van der Waals surface area contributed by atoms with Gasteiger partial charge in [-0.25, -0.2) is 0 Å². The fourth-order valence-electron chi connectivity index (χ4n) is 2.37. The predicted molar refractivity (Wildman–Crippen MR) is 83.7 cm³/mol. The molecule has 0 spiro atoms. The number of pyridine rings is 1. The lowest BCUT2D eigenvalue weighted by Crippen LogP contribution is -2.09. The predicted octanol–water partition coefficient (Wildman–Crippen LogP) is 3.78. The highest BCUT2D eigenvalue weighted by Crippen LogP contribution is 2.18. The van der Waals surface area contributed by atoms with Crippen LogP contribution < -0.4 is 5.56 Å². The number of hydrogen-bond donors (Lipinski definition) is 1. The molecule has 1 N–H and O–H groups in total. The summed E-state index contributed by atoms with van der Waals surface area (Å²) >= 11 is 0. The van der Waals surface area contributed by atoms with E-state index in [1.54, 1.807) is 0 Å². The lowest BCUT2D eigenvalue weighted by Gasteiger charge is -2.07. The third-order valence-electron chi connectivity index (χ3n) is 3.40. The van der Waals surface area contributed by atoms with E-state index in [-0.39, 0.29) is 5.56 Å². The first-order valence-electron chi connectivity index (χ1n) is 6.58. The van der Waals surface area contributed by atoms with Gasteiger partial charge in [-0.1, -0.05) is 55.1 Å². The van der Waals surface area contributed by atoms with Crippen LogP contribution in [0.3, 0.4) is 0 Å². The summed E-state index contributed by atoms with van der Waals surface area (Å²) in [7, 11) is 0. The summed E-state index contributed by atoms with van der Waals surface area (Å²) in [6.45, 7) is 4.11. The number of aromatic nitrogens is 1. The number of nitrogens with one attached hydrogen (secondary N) is 1. The van der Waals surface area contributed by atoms with Crippen molar-refractivity contribution in [2.24, 2.45) is 0 Å². The third-order valence-corrected chi connectivity index (χ3v) is 3.40. The second kappa shape index (κ2) is 5.17. The van der Waals surface area contributed by atoms with E-state index < -0.39 is 0 Å². The van der Waals surface area contributed by atoms with Gasteiger partial charge in [0.2, 0.25) is 0 Å². The van der Waals surface area contributed by atoms with E-state index in [9.17, 15) is 4.79 Å². The molecule has 0 saturated heterocycles. The lowest BCUT2D eigenvalue weighted by molar-refractivity contribution is 1.10. The van der Waals surface area contributed by atoms with E-state index in [1.165, 1.54) is 0 Å². The molecule has 2 aromatic carbocycles. The average molecular weight is 261 g/mol. The zero-order valence-electron chi connectivity index (χ0n) is 11.1. The third kappa shape index (κ3) is 2.41. The van der Waals surface area contributed by atoms with Crippen molar-refractivity contribution in [3.8, 4) is 0 Å². The second-order valence-electron chi connectivity index (χ2n) is 4.86. The maximum Gasteiger partial charge on any atom is 0.256 e. The van der Waals surface area contributed by atoms with Gasteiger partial charge in [-0.3, -0.25) is 4.79 Å². The topological polar surface area (TPSA) is 32.9 Å². The van der Waals surface area contributed by atoms with Crippen LogP contribution in [0, 0.1) is 0 Å². The molecule has 0 aliphatic heterocycles. The Hall–Kier alpha value is -2.61. The number of aromatic amines is 1. The number of rotatable bonds is 3. The van der Waals surface area contributed by atoms with E-state index in [0.29, 0.717) is 6.42 Å². The van der Waals surface area contributed by atoms with Gasteiger partial charge in [-0.15, -0.1) is 0 Å². The highest BCUT2D eigenvalue weighted by atomic mass is 16.1. The Bertz CT molecular complexity index is 815. The summed E-state index contributed by atoms with van der Waals surface area (Å²) in [6.07, 6.45) is 0.643. The Morgan fingerprint density at radius 3 is 2.50 bits per heavy atom. The Kier molecular flexibility index (Phi) is 3.21. The summed E-state index contributed by atoms with van der Waals surface area (Å²) in [4.78, 5) is 15.0. The van der Waals surface area contributed by atoms with Crippen molar-refractivity contribution in [3.63, 3.8) is 0 Å². The quantitative estimate of drug-likeness (QED) is 0.764. The van der Waals surface area contributed by atoms with Crippen molar-refractivity contribution in [2.45, 2.75) is 6.42 Å². The van der Waals surface area contributed by atoms with Crippen molar-refractivity contribution >= 4 is 16.3 Å². The molecule has 2 heteroatoms. The van der Waals surface area contributed by atoms with Gasteiger partial charge < -0.3 is 4.98 Å². The molecule has 3 aromatic rings. The average Bonchev–Trinajstić information content (AvgIpc) is 2.48. The smallest absolute Gasteiger partial charge is 0.256 e. The van der Waals surface area contributed by atoms with Crippen LogP contribution in [0.4, 0.5) is 0 Å². The Labute approximate surface area is 117 Å². The molecule has 1 aromatic heterocycles. The van der Waals surface area contributed by atoms with Crippen LogP contribution in [0.25, 0.3) is 16.3 Å². The van der Waals surface area contributed by atoms with Gasteiger partial charge >= 0.3 is 0 Å². The summed E-state index contributed by atoms with van der Waals surface area (Å²) in [6, 6.07) is 19.6. The Morgan fingerprint density at radius 2 is 1.70 bits per heavy atom. The number of H-pyrrole nitrogens is 1. The lowest BCUT2D eigenvalue weighted by atomic mass is 10.0. The van der Waals surface area contributed by atoms with E-state index in [2.05, 4.69) is 11.6 Å². The van der Waals surface area contributed by atoms with Crippen LogP contribution in [0.5, 0.6) is 0 Å². The van der Waals surface area contributed by atoms with Crippen LogP contribution in [0.2, 0.25) is 0 Å². The summed E-state index contributed by atoms with van der Waals surface area (Å²) in [5.74, 6) is 0. The van der Waals surface area contributed by atoms with Gasteiger partial charge in [0.05, 0.1) is 0 Å². The first-order valence-corrected chi connectivity index (χ1v) is 6.58. The van der Waals surface area contributed by atoms with Crippen LogP contribution in [-0.2, 0) is 6.42 Å². The van der Waals surface area contributed by atoms with Gasteiger partial charge in [0.25, 0.3) is 5.56 Å². The second-order valence-corrected chi connectivity index (χ2v) is 4.86. The van der Waals surface area contributed by atoms with E-state index >= 15 is 0 Å². The Balaban J connectivity index is 1.96. The number of benzene rings is 2. The molecule has 0 fully saturated rings. The SMILES string of the molecule is C=C(Cc1cc2ccccc2c(=O)[nH]1)c1ccccc1. The van der Waals surface area contributed by atoms with Crippen molar-refractivity contribution < 1.29 is 0 Å². The molecule has 2 nitrogen and oxygen atoms in total. The first kappa shape index (κ1) is 12.4.